The number of ether oxygens (including phenoxy) is 1. The van der Waals surface area contributed by atoms with Crippen molar-refractivity contribution in [3.8, 4) is 0 Å². The minimum absolute atomic E-state index is 0.184. The van der Waals surface area contributed by atoms with Gasteiger partial charge in [-0.15, -0.1) is 0 Å². The van der Waals surface area contributed by atoms with Crippen molar-refractivity contribution in [2.24, 2.45) is 0 Å². The molecule has 1 atom stereocenters. The molecule has 114 valence electrons. The predicted molar refractivity (Wildman–Crippen MR) is 87.1 cm³/mol. The van der Waals surface area contributed by atoms with E-state index in [1.54, 1.807) is 18.2 Å². The molecule has 0 aromatic heterocycles. The van der Waals surface area contributed by atoms with Crippen LogP contribution in [0.1, 0.15) is 27.6 Å². The van der Waals surface area contributed by atoms with Gasteiger partial charge in [0.25, 0.3) is 0 Å². The highest BCUT2D eigenvalue weighted by Crippen LogP contribution is 2.20. The Morgan fingerprint density at radius 1 is 0.909 bits per heavy atom. The fraction of sp³-hybridized carbons (Fsp3) is 0.125. The number of benzene rings is 2. The summed E-state index contributed by atoms with van der Waals surface area (Å²) in [4.78, 5) is 24.3. The maximum atomic E-state index is 12.2. The van der Waals surface area contributed by atoms with Crippen molar-refractivity contribution in [3.05, 3.63) is 68.7 Å². The van der Waals surface area contributed by atoms with Gasteiger partial charge in [0, 0.05) is 20.6 Å². The molecule has 0 saturated carbocycles. The lowest BCUT2D eigenvalue weighted by molar-refractivity contribution is 0.0319. The van der Waals surface area contributed by atoms with E-state index in [4.69, 9.17) is 39.5 Å². The quantitative estimate of drug-likeness (QED) is 0.566. The largest absolute Gasteiger partial charge is 0.451 e. The zero-order valence-corrected chi connectivity index (χ0v) is 13.7. The van der Waals surface area contributed by atoms with E-state index in [0.717, 1.165) is 0 Å². The average Bonchev–Trinajstić information content (AvgIpc) is 2.45. The first-order chi connectivity index (χ1) is 10.4. The first-order valence-electron chi connectivity index (χ1n) is 6.33. The normalized spacial score (nSPS) is 11.8. The minimum Gasteiger partial charge on any atom is -0.451 e. The summed E-state index contributed by atoms with van der Waals surface area (Å²) < 4.78 is 5.15. The second-order valence-electron chi connectivity index (χ2n) is 4.58. The van der Waals surface area contributed by atoms with Crippen LogP contribution in [-0.4, -0.2) is 17.9 Å². The van der Waals surface area contributed by atoms with Gasteiger partial charge in [-0.2, -0.15) is 0 Å². The molecule has 22 heavy (non-hydrogen) atoms. The van der Waals surface area contributed by atoms with Crippen LogP contribution in [0.15, 0.2) is 42.5 Å². The molecule has 6 heteroatoms. The summed E-state index contributed by atoms with van der Waals surface area (Å²) in [6, 6.07) is 10.8. The van der Waals surface area contributed by atoms with Crippen molar-refractivity contribution >= 4 is 46.6 Å². The Hall–Kier alpha value is -1.55. The molecule has 2 aromatic rings. The third-order valence-corrected chi connectivity index (χ3v) is 3.53. The Morgan fingerprint density at radius 3 is 2.09 bits per heavy atom. The smallest absolute Gasteiger partial charge is 0.338 e. The first kappa shape index (κ1) is 16.8. The molecule has 0 amide bonds. The average molecular weight is 358 g/mol. The van der Waals surface area contributed by atoms with Crippen LogP contribution in [0.4, 0.5) is 0 Å². The van der Waals surface area contributed by atoms with E-state index in [9.17, 15) is 9.59 Å². The van der Waals surface area contributed by atoms with Crippen molar-refractivity contribution in [1.29, 1.82) is 0 Å². The van der Waals surface area contributed by atoms with Crippen molar-refractivity contribution < 1.29 is 14.3 Å². The number of hydrogen-bond donors (Lipinski definition) is 0. The van der Waals surface area contributed by atoms with Crippen LogP contribution in [0.5, 0.6) is 0 Å². The number of hydrogen-bond acceptors (Lipinski definition) is 3. The van der Waals surface area contributed by atoms with Crippen LogP contribution in [0.25, 0.3) is 0 Å². The van der Waals surface area contributed by atoms with Gasteiger partial charge in [0.1, 0.15) is 0 Å². The third-order valence-electron chi connectivity index (χ3n) is 2.86. The molecule has 0 bridgehead atoms. The summed E-state index contributed by atoms with van der Waals surface area (Å²) in [5.74, 6) is -1.02. The van der Waals surface area contributed by atoms with Crippen LogP contribution in [0.2, 0.25) is 15.1 Å². The van der Waals surface area contributed by atoms with Gasteiger partial charge in [-0.05, 0) is 37.3 Å². The SMILES string of the molecule is CC(OC(=O)c1cc(Cl)cc(Cl)c1)C(=O)c1cccc(Cl)c1. The molecule has 2 aromatic carbocycles. The first-order valence-corrected chi connectivity index (χ1v) is 7.47. The van der Waals surface area contributed by atoms with E-state index in [-0.39, 0.29) is 11.3 Å². The van der Waals surface area contributed by atoms with Gasteiger partial charge in [0.15, 0.2) is 6.10 Å². The van der Waals surface area contributed by atoms with E-state index in [0.29, 0.717) is 20.6 Å². The fourth-order valence-electron chi connectivity index (χ4n) is 1.83. The summed E-state index contributed by atoms with van der Waals surface area (Å²) in [6.45, 7) is 1.49. The Morgan fingerprint density at radius 2 is 1.50 bits per heavy atom. The van der Waals surface area contributed by atoms with Crippen molar-refractivity contribution in [1.82, 2.24) is 0 Å². The maximum Gasteiger partial charge on any atom is 0.338 e. The maximum absolute atomic E-state index is 12.2. The lowest BCUT2D eigenvalue weighted by atomic mass is 10.1. The number of ketones is 1. The number of carbonyl (C=O) groups is 2. The van der Waals surface area contributed by atoms with Crippen LogP contribution < -0.4 is 0 Å². The lowest BCUT2D eigenvalue weighted by Gasteiger charge is -2.13. The molecule has 0 aliphatic rings. The number of Topliss-reactive ketones (excluding diaryl/α,β-unsaturated/α-hetero) is 1. The molecule has 0 aliphatic carbocycles. The van der Waals surface area contributed by atoms with Crippen LogP contribution in [0, 0.1) is 0 Å². The summed E-state index contributed by atoms with van der Waals surface area (Å²) in [5, 5.41) is 1.06. The van der Waals surface area contributed by atoms with Crippen LogP contribution in [0.3, 0.4) is 0 Å². The lowest BCUT2D eigenvalue weighted by Crippen LogP contribution is -2.24. The van der Waals surface area contributed by atoms with E-state index in [1.165, 1.54) is 31.2 Å². The van der Waals surface area contributed by atoms with E-state index >= 15 is 0 Å². The summed E-state index contributed by atoms with van der Waals surface area (Å²) in [6.07, 6.45) is -0.955. The van der Waals surface area contributed by atoms with E-state index in [2.05, 4.69) is 0 Å². The van der Waals surface area contributed by atoms with Gasteiger partial charge in [0.05, 0.1) is 5.56 Å². The summed E-state index contributed by atoms with van der Waals surface area (Å²) >= 11 is 17.5. The number of rotatable bonds is 4. The Bertz CT molecular complexity index is 708. The second-order valence-corrected chi connectivity index (χ2v) is 5.89. The van der Waals surface area contributed by atoms with Crippen LogP contribution >= 0.6 is 34.8 Å². The molecule has 0 N–H and O–H groups in total. The van der Waals surface area contributed by atoms with Crippen molar-refractivity contribution in [2.45, 2.75) is 13.0 Å². The molecular formula is C16H11Cl3O3. The highest BCUT2D eigenvalue weighted by molar-refractivity contribution is 6.35. The molecule has 0 fully saturated rings. The Balaban J connectivity index is 2.12. The third kappa shape index (κ3) is 4.23. The topological polar surface area (TPSA) is 43.4 Å². The molecule has 3 nitrogen and oxygen atoms in total. The van der Waals surface area contributed by atoms with Gasteiger partial charge >= 0.3 is 5.97 Å². The zero-order chi connectivity index (χ0) is 16.3. The molecular weight excluding hydrogens is 347 g/mol. The predicted octanol–water partition coefficient (Wildman–Crippen LogP) is 5.08. The Labute approximate surface area is 142 Å². The van der Waals surface area contributed by atoms with Crippen molar-refractivity contribution in [2.75, 3.05) is 0 Å². The second kappa shape index (κ2) is 7.14. The molecule has 0 spiro atoms. The Kier molecular flexibility index (Phi) is 5.46. The van der Waals surface area contributed by atoms with Crippen LogP contribution in [-0.2, 0) is 4.74 Å². The monoisotopic (exact) mass is 356 g/mol. The molecule has 1 unspecified atom stereocenters. The molecule has 2 rings (SSSR count). The highest BCUT2D eigenvalue weighted by atomic mass is 35.5. The zero-order valence-electron chi connectivity index (χ0n) is 11.5. The van der Waals surface area contributed by atoms with Gasteiger partial charge in [-0.1, -0.05) is 46.9 Å². The molecule has 0 saturated heterocycles. The highest BCUT2D eigenvalue weighted by Gasteiger charge is 2.21. The van der Waals surface area contributed by atoms with Gasteiger partial charge in [0.2, 0.25) is 5.78 Å². The van der Waals surface area contributed by atoms with E-state index < -0.39 is 12.1 Å². The molecule has 0 radical (unpaired) electrons. The minimum atomic E-state index is -0.955. The number of esters is 1. The molecule has 0 aliphatic heterocycles. The molecule has 0 heterocycles. The van der Waals surface area contributed by atoms with Gasteiger partial charge in [-0.25, -0.2) is 4.79 Å². The summed E-state index contributed by atoms with van der Waals surface area (Å²) in [5.41, 5.74) is 0.556. The number of carbonyl (C=O) groups excluding carboxylic acids is 2. The van der Waals surface area contributed by atoms with Crippen molar-refractivity contribution in [3.63, 3.8) is 0 Å². The van der Waals surface area contributed by atoms with E-state index in [1.807, 2.05) is 0 Å². The fourth-order valence-corrected chi connectivity index (χ4v) is 2.55. The van der Waals surface area contributed by atoms with Gasteiger partial charge in [-0.3, -0.25) is 4.79 Å². The van der Waals surface area contributed by atoms with Gasteiger partial charge < -0.3 is 4.74 Å². The summed E-state index contributed by atoms with van der Waals surface area (Å²) in [7, 11) is 0. The number of halogens is 3. The standard InChI is InChI=1S/C16H11Cl3O3/c1-9(15(20)10-3-2-4-12(17)5-10)22-16(21)11-6-13(18)8-14(19)7-11/h2-9H,1H3.